The zero-order valence-electron chi connectivity index (χ0n) is 16.7. The Balaban J connectivity index is 1.68. The highest BCUT2D eigenvalue weighted by Crippen LogP contribution is 2.16. The van der Waals surface area contributed by atoms with E-state index in [0.29, 0.717) is 18.0 Å². The Morgan fingerprint density at radius 1 is 1.21 bits per heavy atom. The Labute approximate surface area is 165 Å². The second kappa shape index (κ2) is 11.3. The van der Waals surface area contributed by atoms with Crippen LogP contribution in [0.4, 0.5) is 13.2 Å². The summed E-state index contributed by atoms with van der Waals surface area (Å²) in [5.74, 6) is 1.40. The number of guanidine groups is 1. The SMILES string of the molecule is CCCN1CCC(CNC(=NC)NCc2ccc(COCC(F)(F)F)cc2)C1. The third-order valence-electron chi connectivity index (χ3n) is 4.71. The molecule has 1 aliphatic heterocycles. The third kappa shape index (κ3) is 8.48. The molecule has 2 rings (SSSR count). The van der Waals surface area contributed by atoms with Crippen LogP contribution >= 0.6 is 0 Å². The summed E-state index contributed by atoms with van der Waals surface area (Å²) in [6.07, 6.45) is -1.89. The van der Waals surface area contributed by atoms with Crippen LogP contribution in [0, 0.1) is 5.92 Å². The maximum Gasteiger partial charge on any atom is 0.411 e. The van der Waals surface area contributed by atoms with Crippen molar-refractivity contribution in [2.24, 2.45) is 10.9 Å². The quantitative estimate of drug-likeness (QED) is 0.494. The topological polar surface area (TPSA) is 48.9 Å². The van der Waals surface area contributed by atoms with Gasteiger partial charge in [-0.1, -0.05) is 31.2 Å². The molecule has 158 valence electrons. The molecule has 1 saturated heterocycles. The van der Waals surface area contributed by atoms with Gasteiger partial charge in [0.05, 0.1) is 6.61 Å². The van der Waals surface area contributed by atoms with Crippen molar-refractivity contribution < 1.29 is 17.9 Å². The van der Waals surface area contributed by atoms with Crippen molar-refractivity contribution in [1.82, 2.24) is 15.5 Å². The van der Waals surface area contributed by atoms with Gasteiger partial charge in [-0.05, 0) is 43.0 Å². The number of rotatable bonds is 9. The lowest BCUT2D eigenvalue weighted by atomic mass is 10.1. The number of alkyl halides is 3. The Hall–Kier alpha value is -1.80. The van der Waals surface area contributed by atoms with Gasteiger partial charge in [0.15, 0.2) is 5.96 Å². The number of hydrogen-bond acceptors (Lipinski definition) is 3. The molecule has 1 aromatic carbocycles. The van der Waals surface area contributed by atoms with Gasteiger partial charge in [0.2, 0.25) is 0 Å². The molecule has 0 saturated carbocycles. The first-order valence-corrected chi connectivity index (χ1v) is 9.78. The van der Waals surface area contributed by atoms with Gasteiger partial charge in [-0.25, -0.2) is 0 Å². The molecule has 0 amide bonds. The van der Waals surface area contributed by atoms with Crippen LogP contribution in [0.15, 0.2) is 29.3 Å². The number of benzene rings is 1. The number of ether oxygens (including phenoxy) is 1. The van der Waals surface area contributed by atoms with Crippen molar-refractivity contribution in [3.8, 4) is 0 Å². The van der Waals surface area contributed by atoms with Crippen LogP contribution in [0.1, 0.15) is 30.9 Å². The van der Waals surface area contributed by atoms with Gasteiger partial charge in [0, 0.05) is 26.7 Å². The van der Waals surface area contributed by atoms with Gasteiger partial charge >= 0.3 is 6.18 Å². The van der Waals surface area contributed by atoms with E-state index in [-0.39, 0.29) is 6.61 Å². The predicted octanol–water partition coefficient (Wildman–Crippen LogP) is 3.16. The minimum Gasteiger partial charge on any atom is -0.367 e. The number of halogens is 3. The fourth-order valence-electron chi connectivity index (χ4n) is 3.28. The zero-order valence-corrected chi connectivity index (χ0v) is 16.7. The highest BCUT2D eigenvalue weighted by Gasteiger charge is 2.27. The normalized spacial score (nSPS) is 18.5. The van der Waals surface area contributed by atoms with Crippen molar-refractivity contribution in [1.29, 1.82) is 0 Å². The Kier molecular flexibility index (Phi) is 9.05. The van der Waals surface area contributed by atoms with Crippen LogP contribution in [-0.2, 0) is 17.9 Å². The van der Waals surface area contributed by atoms with Gasteiger partial charge in [-0.15, -0.1) is 0 Å². The third-order valence-corrected chi connectivity index (χ3v) is 4.71. The molecule has 0 spiro atoms. The summed E-state index contributed by atoms with van der Waals surface area (Å²) in [4.78, 5) is 6.76. The number of nitrogens with one attached hydrogen (secondary N) is 2. The van der Waals surface area contributed by atoms with Crippen molar-refractivity contribution in [3.63, 3.8) is 0 Å². The van der Waals surface area contributed by atoms with E-state index in [1.807, 2.05) is 12.1 Å². The summed E-state index contributed by atoms with van der Waals surface area (Å²) >= 11 is 0. The van der Waals surface area contributed by atoms with E-state index in [9.17, 15) is 13.2 Å². The smallest absolute Gasteiger partial charge is 0.367 e. The lowest BCUT2D eigenvalue weighted by Gasteiger charge is -2.17. The van der Waals surface area contributed by atoms with E-state index in [1.54, 1.807) is 19.2 Å². The first kappa shape index (κ1) is 22.5. The van der Waals surface area contributed by atoms with Crippen LogP contribution in [0.2, 0.25) is 0 Å². The second-order valence-corrected chi connectivity index (χ2v) is 7.19. The molecule has 1 heterocycles. The molecule has 0 radical (unpaired) electrons. The van der Waals surface area contributed by atoms with E-state index < -0.39 is 12.8 Å². The highest BCUT2D eigenvalue weighted by atomic mass is 19.4. The molecule has 28 heavy (non-hydrogen) atoms. The van der Waals surface area contributed by atoms with Crippen molar-refractivity contribution in [2.45, 2.75) is 39.1 Å². The minimum atomic E-state index is -4.29. The first-order valence-electron chi connectivity index (χ1n) is 9.78. The first-order chi connectivity index (χ1) is 13.4. The molecule has 1 aliphatic rings. The molecule has 1 aromatic rings. The Morgan fingerprint density at radius 3 is 2.57 bits per heavy atom. The fourth-order valence-corrected chi connectivity index (χ4v) is 3.28. The largest absolute Gasteiger partial charge is 0.411 e. The van der Waals surface area contributed by atoms with Gasteiger partial charge in [-0.2, -0.15) is 13.2 Å². The van der Waals surface area contributed by atoms with Crippen molar-refractivity contribution in [3.05, 3.63) is 35.4 Å². The molecule has 1 atom stereocenters. The second-order valence-electron chi connectivity index (χ2n) is 7.19. The molecule has 0 bridgehead atoms. The van der Waals surface area contributed by atoms with Crippen LogP contribution < -0.4 is 10.6 Å². The Morgan fingerprint density at radius 2 is 1.93 bits per heavy atom. The van der Waals surface area contributed by atoms with Crippen LogP contribution in [0.25, 0.3) is 0 Å². The summed E-state index contributed by atoms with van der Waals surface area (Å²) in [7, 11) is 1.74. The van der Waals surface area contributed by atoms with Gasteiger partial charge < -0.3 is 20.3 Å². The average molecular weight is 400 g/mol. The van der Waals surface area contributed by atoms with Crippen LogP contribution in [0.5, 0.6) is 0 Å². The van der Waals surface area contributed by atoms with Crippen LogP contribution in [-0.4, -0.2) is 56.9 Å². The maximum absolute atomic E-state index is 12.1. The van der Waals surface area contributed by atoms with E-state index in [1.165, 1.54) is 25.9 Å². The standard InChI is InChI=1S/C20H31F3N4O/c1-3-9-27-10-8-18(13-27)12-26-19(24-2)25-11-16-4-6-17(7-5-16)14-28-15-20(21,22)23/h4-7,18H,3,8-15H2,1-2H3,(H2,24,25,26). The zero-order chi connectivity index (χ0) is 20.4. The van der Waals surface area contributed by atoms with Gasteiger partial charge in [-0.3, -0.25) is 4.99 Å². The number of nitrogens with zero attached hydrogens (tertiary/aromatic N) is 2. The molecular formula is C20H31F3N4O. The minimum absolute atomic E-state index is 0.0487. The molecule has 1 fully saturated rings. The van der Waals surface area contributed by atoms with E-state index >= 15 is 0 Å². The molecule has 0 aromatic heterocycles. The summed E-state index contributed by atoms with van der Waals surface area (Å²) in [5.41, 5.74) is 1.74. The molecule has 0 aliphatic carbocycles. The van der Waals surface area contributed by atoms with Gasteiger partial charge in [0.25, 0.3) is 0 Å². The van der Waals surface area contributed by atoms with E-state index in [0.717, 1.165) is 24.6 Å². The Bertz CT molecular complexity index is 604. The summed E-state index contributed by atoms with van der Waals surface area (Å²) in [6.45, 7) is 5.90. The highest BCUT2D eigenvalue weighted by molar-refractivity contribution is 5.79. The molecular weight excluding hydrogens is 369 g/mol. The van der Waals surface area contributed by atoms with Crippen LogP contribution in [0.3, 0.4) is 0 Å². The predicted molar refractivity (Wildman–Crippen MR) is 105 cm³/mol. The lowest BCUT2D eigenvalue weighted by Crippen LogP contribution is -2.39. The molecule has 5 nitrogen and oxygen atoms in total. The molecule has 2 N–H and O–H groups in total. The summed E-state index contributed by atoms with van der Waals surface area (Å²) < 4.78 is 41.0. The van der Waals surface area contributed by atoms with E-state index in [4.69, 9.17) is 0 Å². The molecule has 8 heteroatoms. The molecule has 1 unspecified atom stereocenters. The fraction of sp³-hybridized carbons (Fsp3) is 0.650. The summed E-state index contributed by atoms with van der Waals surface area (Å²) in [6, 6.07) is 7.33. The van der Waals surface area contributed by atoms with Gasteiger partial charge in [0.1, 0.15) is 6.61 Å². The number of hydrogen-bond donors (Lipinski definition) is 2. The van der Waals surface area contributed by atoms with Crippen molar-refractivity contribution in [2.75, 3.05) is 39.8 Å². The monoisotopic (exact) mass is 400 g/mol. The number of aliphatic imine (C=N–C) groups is 1. The average Bonchev–Trinajstić information content (AvgIpc) is 3.10. The number of likely N-dealkylation sites (tertiary alicyclic amines) is 1. The lowest BCUT2D eigenvalue weighted by molar-refractivity contribution is -0.176. The maximum atomic E-state index is 12.1. The summed E-state index contributed by atoms with van der Waals surface area (Å²) in [5, 5.41) is 6.66. The van der Waals surface area contributed by atoms with Crippen molar-refractivity contribution >= 4 is 5.96 Å². The van der Waals surface area contributed by atoms with E-state index in [2.05, 4.69) is 32.2 Å².